The van der Waals surface area contributed by atoms with Crippen LogP contribution in [-0.2, 0) is 10.0 Å². The quantitative estimate of drug-likeness (QED) is 0.468. The largest absolute Gasteiger partial charge is 0.492 e. The van der Waals surface area contributed by atoms with E-state index >= 15 is 0 Å². The number of anilines is 1. The Balaban J connectivity index is 1.92. The molecule has 33 heavy (non-hydrogen) atoms. The first-order valence-corrected chi connectivity index (χ1v) is 12.1. The van der Waals surface area contributed by atoms with E-state index in [0.29, 0.717) is 31.1 Å². The van der Waals surface area contributed by atoms with Crippen molar-refractivity contribution in [1.82, 2.24) is 9.29 Å². The van der Waals surface area contributed by atoms with Gasteiger partial charge in [0.25, 0.3) is 5.91 Å². The maximum atomic E-state index is 13.2. The van der Waals surface area contributed by atoms with E-state index in [1.54, 1.807) is 57.2 Å². The maximum absolute atomic E-state index is 13.2. The fourth-order valence-corrected chi connectivity index (χ4v) is 4.82. The topological polar surface area (TPSA) is 97.8 Å². The van der Waals surface area contributed by atoms with E-state index in [0.717, 1.165) is 0 Å². The third-order valence-electron chi connectivity index (χ3n) is 4.80. The van der Waals surface area contributed by atoms with Crippen LogP contribution in [0, 0.1) is 0 Å². The number of nitrogens with zero attached hydrogens (tertiary/aromatic N) is 2. The smallest absolute Gasteiger partial charge is 0.261 e. The molecule has 0 aliphatic rings. The third kappa shape index (κ3) is 5.68. The number of nitrogens with one attached hydrogen (secondary N) is 1. The van der Waals surface area contributed by atoms with Gasteiger partial charge in [-0.3, -0.25) is 4.79 Å². The minimum Gasteiger partial charge on any atom is -0.492 e. The maximum Gasteiger partial charge on any atom is 0.261 e. The zero-order chi connectivity index (χ0) is 23.8. The van der Waals surface area contributed by atoms with Gasteiger partial charge >= 0.3 is 0 Å². The molecule has 9 heteroatoms. The lowest BCUT2D eigenvalue weighted by atomic mass is 10.2. The van der Waals surface area contributed by atoms with Gasteiger partial charge in [0.05, 0.1) is 6.61 Å². The standard InChI is InChI=1S/C24H27N3O5S/c1-4-27(5-2)33(29,30)22-17-18(14-15-21(22)31-6-3)26-23(28)20-13-10-16-25-24(20)32-19-11-8-7-9-12-19/h7-17H,4-6H2,1-3H3,(H,26,28). The molecule has 1 N–H and O–H groups in total. The summed E-state index contributed by atoms with van der Waals surface area (Å²) in [4.78, 5) is 17.2. The number of ether oxygens (including phenoxy) is 2. The minimum atomic E-state index is -3.81. The van der Waals surface area contributed by atoms with Crippen LogP contribution < -0.4 is 14.8 Å². The molecule has 3 rings (SSSR count). The van der Waals surface area contributed by atoms with Gasteiger partial charge < -0.3 is 14.8 Å². The Bertz CT molecular complexity index is 1200. The molecule has 0 fully saturated rings. The molecular weight excluding hydrogens is 442 g/mol. The molecule has 2 aromatic carbocycles. The molecule has 0 saturated carbocycles. The van der Waals surface area contributed by atoms with Gasteiger partial charge in [0.15, 0.2) is 0 Å². The lowest BCUT2D eigenvalue weighted by Crippen LogP contribution is -2.31. The van der Waals surface area contributed by atoms with Crippen LogP contribution in [0.1, 0.15) is 31.1 Å². The SMILES string of the molecule is CCOc1ccc(NC(=O)c2cccnc2Oc2ccccc2)cc1S(=O)(=O)N(CC)CC. The summed E-state index contributed by atoms with van der Waals surface area (Å²) in [6.07, 6.45) is 1.53. The number of carbonyl (C=O) groups is 1. The van der Waals surface area contributed by atoms with Crippen molar-refractivity contribution in [2.75, 3.05) is 25.0 Å². The number of benzene rings is 2. The summed E-state index contributed by atoms with van der Waals surface area (Å²) in [5.74, 6) is 0.434. The Morgan fingerprint density at radius 2 is 1.73 bits per heavy atom. The van der Waals surface area contributed by atoms with Gasteiger partial charge in [-0.05, 0) is 49.4 Å². The molecule has 1 heterocycles. The minimum absolute atomic E-state index is 0.00204. The van der Waals surface area contributed by atoms with Crippen LogP contribution >= 0.6 is 0 Å². The summed E-state index contributed by atoms with van der Waals surface area (Å²) in [7, 11) is -3.81. The first-order chi connectivity index (χ1) is 15.9. The van der Waals surface area contributed by atoms with Gasteiger partial charge in [-0.2, -0.15) is 4.31 Å². The first-order valence-electron chi connectivity index (χ1n) is 10.7. The van der Waals surface area contributed by atoms with Crippen molar-refractivity contribution in [2.45, 2.75) is 25.7 Å². The molecule has 0 atom stereocenters. The van der Waals surface area contributed by atoms with E-state index in [4.69, 9.17) is 9.47 Å². The van der Waals surface area contributed by atoms with Crippen molar-refractivity contribution in [3.63, 3.8) is 0 Å². The fourth-order valence-electron chi connectivity index (χ4n) is 3.21. The summed E-state index contributed by atoms with van der Waals surface area (Å²) in [5, 5.41) is 2.74. The zero-order valence-corrected chi connectivity index (χ0v) is 19.6. The Hall–Kier alpha value is -3.43. The van der Waals surface area contributed by atoms with E-state index in [-0.39, 0.29) is 22.1 Å². The van der Waals surface area contributed by atoms with Gasteiger partial charge in [0.2, 0.25) is 15.9 Å². The van der Waals surface area contributed by atoms with Gasteiger partial charge in [-0.25, -0.2) is 13.4 Å². The van der Waals surface area contributed by atoms with Crippen LogP contribution in [0.25, 0.3) is 0 Å². The van der Waals surface area contributed by atoms with E-state index < -0.39 is 15.9 Å². The number of rotatable bonds is 10. The van der Waals surface area contributed by atoms with Crippen molar-refractivity contribution in [3.05, 3.63) is 72.4 Å². The highest BCUT2D eigenvalue weighted by Gasteiger charge is 2.26. The van der Waals surface area contributed by atoms with E-state index in [2.05, 4.69) is 10.3 Å². The lowest BCUT2D eigenvalue weighted by Gasteiger charge is -2.21. The van der Waals surface area contributed by atoms with Crippen molar-refractivity contribution >= 4 is 21.6 Å². The predicted molar refractivity (Wildman–Crippen MR) is 126 cm³/mol. The number of carbonyl (C=O) groups excluding carboxylic acids is 1. The van der Waals surface area contributed by atoms with Gasteiger partial charge in [-0.1, -0.05) is 32.0 Å². The van der Waals surface area contributed by atoms with E-state index in [1.807, 2.05) is 18.2 Å². The number of amides is 1. The monoisotopic (exact) mass is 469 g/mol. The highest BCUT2D eigenvalue weighted by Crippen LogP contribution is 2.31. The summed E-state index contributed by atoms with van der Waals surface area (Å²) in [6.45, 7) is 6.25. The summed E-state index contributed by atoms with van der Waals surface area (Å²) in [6, 6.07) is 16.8. The second-order valence-electron chi connectivity index (χ2n) is 6.91. The number of pyridine rings is 1. The molecule has 0 radical (unpaired) electrons. The molecule has 0 saturated heterocycles. The van der Waals surface area contributed by atoms with Crippen molar-refractivity contribution in [2.24, 2.45) is 0 Å². The molecule has 0 unspecified atom stereocenters. The highest BCUT2D eigenvalue weighted by molar-refractivity contribution is 7.89. The van der Waals surface area contributed by atoms with Crippen LogP contribution in [0.4, 0.5) is 5.69 Å². The predicted octanol–water partition coefficient (Wildman–Crippen LogP) is 4.56. The molecule has 0 spiro atoms. The van der Waals surface area contributed by atoms with Crippen LogP contribution in [0.2, 0.25) is 0 Å². The van der Waals surface area contributed by atoms with Crippen LogP contribution in [0.15, 0.2) is 71.8 Å². The zero-order valence-electron chi connectivity index (χ0n) is 18.8. The Kier molecular flexibility index (Phi) is 8.02. The number of para-hydroxylation sites is 1. The molecule has 0 bridgehead atoms. The molecule has 1 aromatic heterocycles. The molecule has 0 aliphatic heterocycles. The van der Waals surface area contributed by atoms with Gasteiger partial charge in [0.1, 0.15) is 22.0 Å². The second-order valence-corrected chi connectivity index (χ2v) is 8.82. The number of hydrogen-bond donors (Lipinski definition) is 1. The Labute approximate surface area is 194 Å². The average molecular weight is 470 g/mol. The fraction of sp³-hybridized carbons (Fsp3) is 0.250. The van der Waals surface area contributed by atoms with Crippen LogP contribution in [0.3, 0.4) is 0 Å². The van der Waals surface area contributed by atoms with Gasteiger partial charge in [-0.15, -0.1) is 0 Å². The molecular formula is C24H27N3O5S. The van der Waals surface area contributed by atoms with Crippen molar-refractivity contribution in [1.29, 1.82) is 0 Å². The molecule has 3 aromatic rings. The van der Waals surface area contributed by atoms with Crippen LogP contribution in [-0.4, -0.2) is 43.3 Å². The molecule has 0 aliphatic carbocycles. The van der Waals surface area contributed by atoms with Crippen molar-refractivity contribution in [3.8, 4) is 17.4 Å². The normalized spacial score (nSPS) is 11.3. The summed E-state index contributed by atoms with van der Waals surface area (Å²) < 4.78 is 39.0. The third-order valence-corrected chi connectivity index (χ3v) is 6.87. The Morgan fingerprint density at radius 3 is 2.39 bits per heavy atom. The number of sulfonamides is 1. The average Bonchev–Trinajstić information content (AvgIpc) is 2.81. The van der Waals surface area contributed by atoms with Crippen molar-refractivity contribution < 1.29 is 22.7 Å². The highest BCUT2D eigenvalue weighted by atomic mass is 32.2. The first kappa shape index (κ1) is 24.2. The van der Waals surface area contributed by atoms with Gasteiger partial charge in [0, 0.05) is 25.0 Å². The molecule has 1 amide bonds. The summed E-state index contributed by atoms with van der Waals surface area (Å²) in [5.41, 5.74) is 0.520. The molecule has 174 valence electrons. The van der Waals surface area contributed by atoms with E-state index in [9.17, 15) is 13.2 Å². The number of hydrogen-bond acceptors (Lipinski definition) is 6. The van der Waals surface area contributed by atoms with Crippen LogP contribution in [0.5, 0.6) is 17.4 Å². The Morgan fingerprint density at radius 1 is 1.00 bits per heavy atom. The molecule has 8 nitrogen and oxygen atoms in total. The summed E-state index contributed by atoms with van der Waals surface area (Å²) >= 11 is 0. The number of aromatic nitrogens is 1. The van der Waals surface area contributed by atoms with E-state index in [1.165, 1.54) is 16.6 Å². The second kappa shape index (κ2) is 10.9. The lowest BCUT2D eigenvalue weighted by molar-refractivity contribution is 0.102.